The summed E-state index contributed by atoms with van der Waals surface area (Å²) in [4.78, 5) is 4.25. The Kier molecular flexibility index (Phi) is 4.26. The Morgan fingerprint density at radius 3 is 2.62 bits per heavy atom. The Morgan fingerprint density at radius 2 is 1.85 bits per heavy atom. The minimum atomic E-state index is 1.05. The van der Waals surface area contributed by atoms with Crippen LogP contribution in [0.5, 0.6) is 0 Å². The van der Waals surface area contributed by atoms with Crippen LogP contribution in [0.25, 0.3) is 33.2 Å². The summed E-state index contributed by atoms with van der Waals surface area (Å²) in [7, 11) is 2.13. The lowest BCUT2D eigenvalue weighted by Gasteiger charge is -2.10. The van der Waals surface area contributed by atoms with Crippen molar-refractivity contribution in [3.05, 3.63) is 84.3 Å². The summed E-state index contributed by atoms with van der Waals surface area (Å²) in [6, 6.07) is 19.8. The monoisotopic (exact) mass is 339 g/mol. The highest BCUT2D eigenvalue weighted by molar-refractivity contribution is 5.96. The second-order valence-corrected chi connectivity index (χ2v) is 6.82. The molecule has 4 rings (SSSR count). The van der Waals surface area contributed by atoms with Gasteiger partial charge in [-0.05, 0) is 59.7 Å². The van der Waals surface area contributed by atoms with E-state index < -0.39 is 0 Å². The third kappa shape index (κ3) is 2.88. The quantitative estimate of drug-likeness (QED) is 0.465. The van der Waals surface area contributed by atoms with Gasteiger partial charge in [0.05, 0.1) is 5.39 Å². The molecule has 0 bridgehead atoms. The van der Waals surface area contributed by atoms with Crippen LogP contribution in [0.15, 0.2) is 73.2 Å². The number of nitrogens with zero attached hydrogens (tertiary/aromatic N) is 2. The van der Waals surface area contributed by atoms with Crippen LogP contribution in [0.4, 0.5) is 0 Å². The predicted octanol–water partition coefficient (Wildman–Crippen LogP) is 5.26. The van der Waals surface area contributed by atoms with Crippen molar-refractivity contribution < 1.29 is 4.57 Å². The first-order valence-electron chi connectivity index (χ1n) is 9.10. The second kappa shape index (κ2) is 6.72. The van der Waals surface area contributed by atoms with E-state index in [9.17, 15) is 0 Å². The SMILES string of the molecule is CCc1ccc(C)c(-c2c3ccc(-c4cccnc4)cc3cc[n+]2C)c1. The molecule has 128 valence electrons. The van der Waals surface area contributed by atoms with Gasteiger partial charge in [0, 0.05) is 29.6 Å². The Balaban J connectivity index is 1.95. The van der Waals surface area contributed by atoms with Crippen molar-refractivity contribution in [2.24, 2.45) is 7.05 Å². The summed E-state index contributed by atoms with van der Waals surface area (Å²) >= 11 is 0. The Hall–Kier alpha value is -3.00. The fourth-order valence-electron chi connectivity index (χ4n) is 3.57. The molecule has 26 heavy (non-hydrogen) atoms. The lowest BCUT2D eigenvalue weighted by Crippen LogP contribution is -2.30. The van der Waals surface area contributed by atoms with Gasteiger partial charge in [0.1, 0.15) is 7.05 Å². The van der Waals surface area contributed by atoms with Crippen molar-refractivity contribution in [3.63, 3.8) is 0 Å². The molecule has 0 amide bonds. The molecular weight excluding hydrogens is 316 g/mol. The average Bonchev–Trinajstić information content (AvgIpc) is 2.69. The smallest absolute Gasteiger partial charge is 0.220 e. The normalized spacial score (nSPS) is 11.0. The number of hydrogen-bond acceptors (Lipinski definition) is 1. The van der Waals surface area contributed by atoms with Crippen molar-refractivity contribution in [2.75, 3.05) is 0 Å². The molecule has 0 N–H and O–H groups in total. The van der Waals surface area contributed by atoms with E-state index in [0.29, 0.717) is 0 Å². The molecule has 2 nitrogen and oxygen atoms in total. The molecular formula is C24H23N2+. The lowest BCUT2D eigenvalue weighted by atomic mass is 9.95. The van der Waals surface area contributed by atoms with Crippen LogP contribution < -0.4 is 4.57 Å². The maximum atomic E-state index is 4.25. The molecule has 0 aliphatic heterocycles. The standard InChI is InChI=1S/C24H23N2/c1-4-18-8-7-17(2)23(14-18)24-22-10-9-19(21-6-5-12-25-16-21)15-20(22)11-13-26(24)3/h5-16H,4H2,1-3H3/q+1. The van der Waals surface area contributed by atoms with Crippen molar-refractivity contribution in [1.82, 2.24) is 4.98 Å². The Labute approximate surface area is 154 Å². The maximum absolute atomic E-state index is 4.25. The van der Waals surface area contributed by atoms with E-state index in [1.54, 1.807) is 0 Å². The zero-order valence-corrected chi connectivity index (χ0v) is 15.5. The summed E-state index contributed by atoms with van der Waals surface area (Å²) in [5.41, 5.74) is 7.61. The molecule has 2 heteroatoms. The number of rotatable bonds is 3. The summed E-state index contributed by atoms with van der Waals surface area (Å²) in [6.45, 7) is 4.40. The highest BCUT2D eigenvalue weighted by Crippen LogP contribution is 2.31. The molecule has 0 aliphatic rings. The minimum Gasteiger partial charge on any atom is -0.264 e. The average molecular weight is 339 g/mol. The first-order chi connectivity index (χ1) is 12.7. The van der Waals surface area contributed by atoms with Gasteiger partial charge in [-0.25, -0.2) is 4.57 Å². The van der Waals surface area contributed by atoms with E-state index in [1.165, 1.54) is 38.7 Å². The minimum absolute atomic E-state index is 1.05. The molecule has 4 aromatic rings. The zero-order chi connectivity index (χ0) is 18.1. The number of benzene rings is 2. The number of pyridine rings is 2. The van der Waals surface area contributed by atoms with Gasteiger partial charge >= 0.3 is 0 Å². The van der Waals surface area contributed by atoms with Crippen molar-refractivity contribution in [3.8, 4) is 22.4 Å². The molecule has 2 heterocycles. The molecule has 0 saturated carbocycles. The summed E-state index contributed by atoms with van der Waals surface area (Å²) < 4.78 is 2.23. The van der Waals surface area contributed by atoms with Crippen LogP contribution in [-0.4, -0.2) is 4.98 Å². The highest BCUT2D eigenvalue weighted by Gasteiger charge is 2.17. The number of hydrogen-bond donors (Lipinski definition) is 0. The molecule has 0 spiro atoms. The maximum Gasteiger partial charge on any atom is 0.220 e. The van der Waals surface area contributed by atoms with Crippen molar-refractivity contribution >= 4 is 10.8 Å². The molecule has 0 atom stereocenters. The van der Waals surface area contributed by atoms with E-state index in [-0.39, 0.29) is 0 Å². The van der Waals surface area contributed by atoms with Crippen LogP contribution in [0.1, 0.15) is 18.1 Å². The molecule has 0 fully saturated rings. The first kappa shape index (κ1) is 16.5. The van der Waals surface area contributed by atoms with E-state index in [0.717, 1.165) is 12.0 Å². The van der Waals surface area contributed by atoms with Crippen LogP contribution >= 0.6 is 0 Å². The van der Waals surface area contributed by atoms with Gasteiger partial charge in [0.25, 0.3) is 0 Å². The highest BCUT2D eigenvalue weighted by atomic mass is 14.9. The molecule has 0 saturated heterocycles. The second-order valence-electron chi connectivity index (χ2n) is 6.82. The zero-order valence-electron chi connectivity index (χ0n) is 15.5. The van der Waals surface area contributed by atoms with Crippen LogP contribution in [0.2, 0.25) is 0 Å². The molecule has 2 aromatic carbocycles. The van der Waals surface area contributed by atoms with Crippen LogP contribution in [-0.2, 0) is 13.5 Å². The third-order valence-electron chi connectivity index (χ3n) is 5.10. The van der Waals surface area contributed by atoms with Gasteiger partial charge in [0.2, 0.25) is 5.69 Å². The number of aryl methyl sites for hydroxylation is 3. The van der Waals surface area contributed by atoms with Gasteiger partial charge in [0.15, 0.2) is 6.20 Å². The van der Waals surface area contributed by atoms with Crippen molar-refractivity contribution in [2.45, 2.75) is 20.3 Å². The number of aromatic nitrogens is 2. The van der Waals surface area contributed by atoms with Gasteiger partial charge in [-0.1, -0.05) is 31.2 Å². The van der Waals surface area contributed by atoms with Gasteiger partial charge in [-0.2, -0.15) is 0 Å². The van der Waals surface area contributed by atoms with Gasteiger partial charge < -0.3 is 0 Å². The summed E-state index contributed by atoms with van der Waals surface area (Å²) in [6.07, 6.45) is 6.93. The van der Waals surface area contributed by atoms with Crippen molar-refractivity contribution in [1.29, 1.82) is 0 Å². The lowest BCUT2D eigenvalue weighted by molar-refractivity contribution is -0.659. The van der Waals surface area contributed by atoms with E-state index in [1.807, 2.05) is 18.5 Å². The van der Waals surface area contributed by atoms with Crippen LogP contribution in [0, 0.1) is 6.92 Å². The Morgan fingerprint density at radius 1 is 0.962 bits per heavy atom. The fourth-order valence-corrected chi connectivity index (χ4v) is 3.57. The predicted molar refractivity (Wildman–Crippen MR) is 108 cm³/mol. The fraction of sp³-hybridized carbons (Fsp3) is 0.167. The molecule has 0 unspecified atom stereocenters. The van der Waals surface area contributed by atoms with E-state index >= 15 is 0 Å². The number of fused-ring (bicyclic) bond motifs is 1. The first-order valence-corrected chi connectivity index (χ1v) is 9.10. The Bertz CT molecular complexity index is 1080. The summed E-state index contributed by atoms with van der Waals surface area (Å²) in [5.74, 6) is 0. The van der Waals surface area contributed by atoms with E-state index in [2.05, 4.69) is 85.2 Å². The van der Waals surface area contributed by atoms with Crippen LogP contribution in [0.3, 0.4) is 0 Å². The largest absolute Gasteiger partial charge is 0.264 e. The van der Waals surface area contributed by atoms with Gasteiger partial charge in [-0.15, -0.1) is 0 Å². The van der Waals surface area contributed by atoms with Gasteiger partial charge in [-0.3, -0.25) is 4.98 Å². The summed E-state index contributed by atoms with van der Waals surface area (Å²) in [5, 5.41) is 2.53. The molecule has 2 aromatic heterocycles. The third-order valence-corrected chi connectivity index (χ3v) is 5.10. The molecule has 0 radical (unpaired) electrons. The van der Waals surface area contributed by atoms with E-state index in [4.69, 9.17) is 0 Å². The topological polar surface area (TPSA) is 16.8 Å². The molecule has 0 aliphatic carbocycles.